The predicted octanol–water partition coefficient (Wildman–Crippen LogP) is 4.48. The molecule has 0 aliphatic rings. The second-order valence-corrected chi connectivity index (χ2v) is 7.50. The number of halogens is 1. The molecule has 4 nitrogen and oxygen atoms in total. The molecule has 27 heavy (non-hydrogen) atoms. The third-order valence-electron chi connectivity index (χ3n) is 4.52. The predicted molar refractivity (Wildman–Crippen MR) is 111 cm³/mol. The first-order valence-electron chi connectivity index (χ1n) is 9.11. The lowest BCUT2D eigenvalue weighted by molar-refractivity contribution is 0.0953. The van der Waals surface area contributed by atoms with Gasteiger partial charge in [-0.25, -0.2) is 0 Å². The summed E-state index contributed by atoms with van der Waals surface area (Å²) in [6.07, 6.45) is 0.900. The maximum Gasteiger partial charge on any atom is 0.252 e. The Morgan fingerprint density at radius 1 is 1.11 bits per heavy atom. The molecule has 0 saturated heterocycles. The summed E-state index contributed by atoms with van der Waals surface area (Å²) in [6.45, 7) is 5.24. The number of pyridine rings is 1. The molecule has 1 N–H and O–H groups in total. The van der Waals surface area contributed by atoms with Crippen LogP contribution in [0.4, 0.5) is 0 Å². The van der Waals surface area contributed by atoms with Crippen molar-refractivity contribution in [3.63, 3.8) is 0 Å². The van der Waals surface area contributed by atoms with Crippen LogP contribution < -0.4 is 10.9 Å². The Labute approximate surface area is 163 Å². The zero-order chi connectivity index (χ0) is 19.4. The van der Waals surface area contributed by atoms with Gasteiger partial charge in [0.2, 0.25) is 0 Å². The van der Waals surface area contributed by atoms with Gasteiger partial charge < -0.3 is 9.88 Å². The van der Waals surface area contributed by atoms with Gasteiger partial charge in [-0.1, -0.05) is 55.8 Å². The number of hydrogen-bond acceptors (Lipinski definition) is 2. The first kappa shape index (κ1) is 19.2. The number of fused-ring (bicyclic) bond motifs is 1. The van der Waals surface area contributed by atoms with Gasteiger partial charge in [-0.3, -0.25) is 9.59 Å². The average molecular weight is 383 g/mol. The number of amides is 1. The number of carbonyl (C=O) groups excluding carboxylic acids is 1. The molecule has 0 atom stereocenters. The van der Waals surface area contributed by atoms with E-state index in [0.29, 0.717) is 29.6 Å². The first-order valence-corrected chi connectivity index (χ1v) is 9.48. The van der Waals surface area contributed by atoms with Gasteiger partial charge in [-0.15, -0.1) is 0 Å². The third kappa shape index (κ3) is 4.58. The SMILES string of the molecule is CC(C)CCNC(=O)c1cc(=O)n(Cc2ccc(Cl)cc2)c2ccccc12. The van der Waals surface area contributed by atoms with E-state index in [4.69, 9.17) is 11.6 Å². The highest BCUT2D eigenvalue weighted by Gasteiger charge is 2.14. The highest BCUT2D eigenvalue weighted by atomic mass is 35.5. The molecule has 5 heteroatoms. The Kier molecular flexibility index (Phi) is 5.97. The minimum Gasteiger partial charge on any atom is -0.352 e. The Morgan fingerprint density at radius 3 is 2.52 bits per heavy atom. The largest absolute Gasteiger partial charge is 0.352 e. The summed E-state index contributed by atoms with van der Waals surface area (Å²) in [5, 5.41) is 4.35. The fourth-order valence-corrected chi connectivity index (χ4v) is 3.15. The molecule has 3 aromatic rings. The number of aromatic nitrogens is 1. The number of benzene rings is 2. The van der Waals surface area contributed by atoms with E-state index in [9.17, 15) is 9.59 Å². The molecular formula is C22H23ClN2O2. The van der Waals surface area contributed by atoms with Crippen LogP contribution in [0.2, 0.25) is 5.02 Å². The molecule has 2 aromatic carbocycles. The second-order valence-electron chi connectivity index (χ2n) is 7.06. The highest BCUT2D eigenvalue weighted by molar-refractivity contribution is 6.30. The monoisotopic (exact) mass is 382 g/mol. The Balaban J connectivity index is 1.98. The summed E-state index contributed by atoms with van der Waals surface area (Å²) in [5.41, 5.74) is 1.94. The van der Waals surface area contributed by atoms with Crippen LogP contribution in [0.1, 0.15) is 36.2 Å². The molecular weight excluding hydrogens is 360 g/mol. The molecule has 3 rings (SSSR count). The number of carbonyl (C=O) groups is 1. The van der Waals surface area contributed by atoms with Crippen LogP contribution in [0.5, 0.6) is 0 Å². The summed E-state index contributed by atoms with van der Waals surface area (Å²) < 4.78 is 1.68. The topological polar surface area (TPSA) is 51.1 Å². The highest BCUT2D eigenvalue weighted by Crippen LogP contribution is 2.19. The molecule has 0 saturated carbocycles. The standard InChI is InChI=1S/C22H23ClN2O2/c1-15(2)11-12-24-22(27)19-13-21(26)25(20-6-4-3-5-18(19)20)14-16-7-9-17(23)10-8-16/h3-10,13,15H,11-12,14H2,1-2H3,(H,24,27). The Bertz CT molecular complexity index is 1010. The van der Waals surface area contributed by atoms with Crippen LogP contribution >= 0.6 is 11.6 Å². The Hall–Kier alpha value is -2.59. The number of para-hydroxylation sites is 1. The van der Waals surface area contributed by atoms with Crippen molar-refractivity contribution in [3.8, 4) is 0 Å². The third-order valence-corrected chi connectivity index (χ3v) is 4.78. The average Bonchev–Trinajstić information content (AvgIpc) is 2.65. The van der Waals surface area contributed by atoms with E-state index in [1.165, 1.54) is 6.07 Å². The minimum absolute atomic E-state index is 0.197. The zero-order valence-electron chi connectivity index (χ0n) is 15.5. The van der Waals surface area contributed by atoms with E-state index in [1.807, 2.05) is 36.4 Å². The number of nitrogens with zero attached hydrogens (tertiary/aromatic N) is 1. The number of rotatable bonds is 6. The van der Waals surface area contributed by atoms with E-state index >= 15 is 0 Å². The smallest absolute Gasteiger partial charge is 0.252 e. The van der Waals surface area contributed by atoms with E-state index in [0.717, 1.165) is 22.9 Å². The molecule has 0 aliphatic heterocycles. The molecule has 0 fully saturated rings. The lowest BCUT2D eigenvalue weighted by Crippen LogP contribution is -2.29. The van der Waals surface area contributed by atoms with E-state index in [1.54, 1.807) is 16.7 Å². The number of nitrogens with one attached hydrogen (secondary N) is 1. The minimum atomic E-state index is -0.206. The molecule has 0 spiro atoms. The van der Waals surface area contributed by atoms with Crippen LogP contribution in [0, 0.1) is 5.92 Å². The molecule has 0 radical (unpaired) electrons. The summed E-state index contributed by atoms with van der Waals surface area (Å²) in [4.78, 5) is 25.4. The Morgan fingerprint density at radius 2 is 1.81 bits per heavy atom. The summed E-state index contributed by atoms with van der Waals surface area (Å²) in [7, 11) is 0. The molecule has 1 aromatic heterocycles. The lowest BCUT2D eigenvalue weighted by atomic mass is 10.1. The number of hydrogen-bond donors (Lipinski definition) is 1. The van der Waals surface area contributed by atoms with Crippen molar-refractivity contribution in [1.82, 2.24) is 9.88 Å². The lowest BCUT2D eigenvalue weighted by Gasteiger charge is -2.14. The molecule has 1 heterocycles. The summed E-state index contributed by atoms with van der Waals surface area (Å²) in [6, 6.07) is 16.4. The van der Waals surface area contributed by atoms with Gasteiger partial charge in [0.15, 0.2) is 0 Å². The van der Waals surface area contributed by atoms with Gasteiger partial charge in [0, 0.05) is 23.0 Å². The maximum absolute atomic E-state index is 12.8. The summed E-state index contributed by atoms with van der Waals surface area (Å²) >= 11 is 5.94. The molecule has 1 amide bonds. The van der Waals surface area contributed by atoms with Gasteiger partial charge >= 0.3 is 0 Å². The van der Waals surface area contributed by atoms with Crippen molar-refractivity contribution in [3.05, 3.63) is 81.1 Å². The van der Waals surface area contributed by atoms with Crippen LogP contribution in [-0.2, 0) is 6.54 Å². The van der Waals surface area contributed by atoms with Crippen LogP contribution in [0.15, 0.2) is 59.4 Å². The summed E-state index contributed by atoms with van der Waals surface area (Å²) in [5.74, 6) is 0.303. The fourth-order valence-electron chi connectivity index (χ4n) is 3.03. The van der Waals surface area contributed by atoms with Gasteiger partial charge in [-0.05, 0) is 36.1 Å². The maximum atomic E-state index is 12.8. The fraction of sp³-hybridized carbons (Fsp3) is 0.273. The normalized spacial score (nSPS) is 11.1. The van der Waals surface area contributed by atoms with Crippen molar-refractivity contribution >= 4 is 28.4 Å². The molecule has 0 bridgehead atoms. The van der Waals surface area contributed by atoms with Gasteiger partial charge in [0.05, 0.1) is 17.6 Å². The first-order chi connectivity index (χ1) is 13.0. The van der Waals surface area contributed by atoms with Gasteiger partial charge in [0.1, 0.15) is 0 Å². The van der Waals surface area contributed by atoms with E-state index < -0.39 is 0 Å². The molecule has 0 unspecified atom stereocenters. The van der Waals surface area contributed by atoms with Crippen LogP contribution in [-0.4, -0.2) is 17.0 Å². The van der Waals surface area contributed by atoms with Crippen LogP contribution in [0.25, 0.3) is 10.9 Å². The van der Waals surface area contributed by atoms with Crippen LogP contribution in [0.3, 0.4) is 0 Å². The second kappa shape index (κ2) is 8.40. The molecule has 140 valence electrons. The van der Waals surface area contributed by atoms with Gasteiger partial charge in [0.25, 0.3) is 11.5 Å². The quantitative estimate of drug-likeness (QED) is 0.683. The van der Waals surface area contributed by atoms with E-state index in [2.05, 4.69) is 19.2 Å². The van der Waals surface area contributed by atoms with Crippen molar-refractivity contribution in [1.29, 1.82) is 0 Å². The molecule has 0 aliphatic carbocycles. The van der Waals surface area contributed by atoms with Crippen molar-refractivity contribution < 1.29 is 4.79 Å². The van der Waals surface area contributed by atoms with E-state index in [-0.39, 0.29) is 11.5 Å². The van der Waals surface area contributed by atoms with Crippen molar-refractivity contribution in [2.24, 2.45) is 5.92 Å². The van der Waals surface area contributed by atoms with Crippen molar-refractivity contribution in [2.75, 3.05) is 6.54 Å². The van der Waals surface area contributed by atoms with Gasteiger partial charge in [-0.2, -0.15) is 0 Å². The zero-order valence-corrected chi connectivity index (χ0v) is 16.3. The van der Waals surface area contributed by atoms with Crippen molar-refractivity contribution in [2.45, 2.75) is 26.8 Å².